The van der Waals surface area contributed by atoms with Crippen LogP contribution in [-0.2, 0) is 4.74 Å². The summed E-state index contributed by atoms with van der Waals surface area (Å²) in [6.45, 7) is 4.83. The Balaban J connectivity index is 2.05. The minimum atomic E-state index is -0.0490. The maximum absolute atomic E-state index is 5.46. The van der Waals surface area contributed by atoms with Crippen LogP contribution < -0.4 is 0 Å². The summed E-state index contributed by atoms with van der Waals surface area (Å²) >= 11 is 0. The maximum atomic E-state index is 5.46. The molecule has 1 aliphatic heterocycles. The van der Waals surface area contributed by atoms with Gasteiger partial charge in [0.15, 0.2) is 5.90 Å². The molecule has 0 unspecified atom stereocenters. The molecule has 0 spiro atoms. The van der Waals surface area contributed by atoms with Gasteiger partial charge in [-0.3, -0.25) is 0 Å². The van der Waals surface area contributed by atoms with Crippen LogP contribution in [0.1, 0.15) is 13.8 Å². The zero-order valence-corrected chi connectivity index (χ0v) is 7.37. The van der Waals surface area contributed by atoms with Crippen LogP contribution in [0.15, 0.2) is 4.99 Å². The summed E-state index contributed by atoms with van der Waals surface area (Å²) in [6.07, 6.45) is 8.01. The Morgan fingerprint density at radius 1 is 1.33 bits per heavy atom. The van der Waals surface area contributed by atoms with Crippen LogP contribution >= 0.6 is 0 Å². The summed E-state index contributed by atoms with van der Waals surface area (Å²) in [5.74, 6) is 1.87. The topological polar surface area (TPSA) is 21.6 Å². The molecule has 2 rings (SSSR count). The van der Waals surface area contributed by atoms with Crippen molar-refractivity contribution >= 4 is 5.90 Å². The van der Waals surface area contributed by atoms with Gasteiger partial charge in [0, 0.05) is 0 Å². The first-order chi connectivity index (χ1) is 5.67. The summed E-state index contributed by atoms with van der Waals surface area (Å²) in [5.41, 5.74) is -0.0490. The molecule has 0 N–H and O–H groups in total. The summed E-state index contributed by atoms with van der Waals surface area (Å²) < 4.78 is 5.46. The van der Waals surface area contributed by atoms with E-state index in [1.807, 2.05) is 25.7 Å². The monoisotopic (exact) mass is 162 g/mol. The van der Waals surface area contributed by atoms with E-state index in [0.717, 1.165) is 11.8 Å². The van der Waals surface area contributed by atoms with Crippen LogP contribution in [0.5, 0.6) is 0 Å². The zero-order valence-electron chi connectivity index (χ0n) is 7.37. The quantitative estimate of drug-likeness (QED) is 0.574. The molecule has 0 aromatic rings. The van der Waals surface area contributed by atoms with E-state index in [1.165, 1.54) is 0 Å². The highest BCUT2D eigenvalue weighted by Crippen LogP contribution is 2.29. The fourth-order valence-corrected chi connectivity index (χ4v) is 1.25. The molecule has 1 fully saturated rings. The Hall–Kier alpha value is -0.530. The summed E-state index contributed by atoms with van der Waals surface area (Å²) in [7, 11) is 0. The fraction of sp³-hybridized carbons (Fsp3) is 0.400. The van der Waals surface area contributed by atoms with Gasteiger partial charge in [0.25, 0.3) is 0 Å². The van der Waals surface area contributed by atoms with Gasteiger partial charge in [-0.1, -0.05) is 0 Å². The highest BCUT2D eigenvalue weighted by Gasteiger charge is 2.32. The number of aliphatic imine (C=N–C) groups is 1. The van der Waals surface area contributed by atoms with Crippen molar-refractivity contribution in [3.05, 3.63) is 31.6 Å². The lowest BCUT2D eigenvalue weighted by molar-refractivity contribution is 0.277. The Labute approximate surface area is 74.0 Å². The van der Waals surface area contributed by atoms with Gasteiger partial charge in [0.2, 0.25) is 0 Å². The fourth-order valence-electron chi connectivity index (χ4n) is 1.25. The number of nitrogens with zero attached hydrogens (tertiary/aromatic N) is 1. The van der Waals surface area contributed by atoms with E-state index in [1.54, 1.807) is 0 Å². The van der Waals surface area contributed by atoms with E-state index in [9.17, 15) is 0 Å². The van der Waals surface area contributed by atoms with Gasteiger partial charge in [0.1, 0.15) is 6.61 Å². The smallest absolute Gasteiger partial charge is 0.192 e. The summed E-state index contributed by atoms with van der Waals surface area (Å²) in [5, 5.41) is 0. The van der Waals surface area contributed by atoms with Crippen molar-refractivity contribution in [2.45, 2.75) is 19.4 Å². The van der Waals surface area contributed by atoms with Gasteiger partial charge >= 0.3 is 0 Å². The van der Waals surface area contributed by atoms with Gasteiger partial charge in [0.05, 0.1) is 11.5 Å². The number of ether oxygens (including phenoxy) is 1. The van der Waals surface area contributed by atoms with Crippen molar-refractivity contribution < 1.29 is 4.74 Å². The summed E-state index contributed by atoms with van der Waals surface area (Å²) in [6, 6.07) is 0. The predicted molar refractivity (Wildman–Crippen MR) is 47.9 cm³/mol. The molecule has 5 radical (unpaired) electrons. The number of hydrogen-bond donors (Lipinski definition) is 0. The van der Waals surface area contributed by atoms with Gasteiger partial charge in [-0.05, 0) is 39.5 Å². The summed E-state index contributed by atoms with van der Waals surface area (Å²) in [4.78, 5) is 4.46. The van der Waals surface area contributed by atoms with Crippen LogP contribution in [-0.4, -0.2) is 18.0 Å². The van der Waals surface area contributed by atoms with Crippen LogP contribution in [0.4, 0.5) is 0 Å². The molecule has 0 atom stereocenters. The van der Waals surface area contributed by atoms with Crippen LogP contribution in [0.25, 0.3) is 0 Å². The van der Waals surface area contributed by atoms with Crippen LogP contribution in [0, 0.1) is 31.6 Å². The van der Waals surface area contributed by atoms with Crippen LogP contribution in [0.2, 0.25) is 0 Å². The first kappa shape index (κ1) is 8.09. The Bertz CT molecular complexity index is 202. The maximum Gasteiger partial charge on any atom is 0.192 e. The van der Waals surface area contributed by atoms with Gasteiger partial charge in [-0.25, -0.2) is 4.99 Å². The highest BCUT2D eigenvalue weighted by molar-refractivity contribution is 5.97. The second-order valence-electron chi connectivity index (χ2n) is 3.69. The number of rotatable bonds is 1. The van der Waals surface area contributed by atoms with E-state index in [2.05, 4.69) is 18.8 Å². The molecule has 0 aromatic carbocycles. The van der Waals surface area contributed by atoms with Crippen LogP contribution in [0.3, 0.4) is 0 Å². The van der Waals surface area contributed by atoms with Crippen molar-refractivity contribution in [1.29, 1.82) is 0 Å². The molecular weight excluding hydrogens is 150 g/mol. The number of hydrogen-bond acceptors (Lipinski definition) is 2. The first-order valence-electron chi connectivity index (χ1n) is 4.12. The third-order valence-electron chi connectivity index (χ3n) is 1.88. The largest absolute Gasteiger partial charge is 0.478 e. The lowest BCUT2D eigenvalue weighted by Crippen LogP contribution is -2.17. The van der Waals surface area contributed by atoms with E-state index in [4.69, 9.17) is 4.74 Å². The highest BCUT2D eigenvalue weighted by atomic mass is 16.5. The van der Waals surface area contributed by atoms with E-state index < -0.39 is 0 Å². The molecule has 0 saturated heterocycles. The first-order valence-corrected chi connectivity index (χ1v) is 4.12. The molecule has 12 heavy (non-hydrogen) atoms. The van der Waals surface area contributed by atoms with E-state index in [-0.39, 0.29) is 5.54 Å². The molecule has 0 amide bonds. The molecule has 2 aliphatic rings. The van der Waals surface area contributed by atoms with Crippen molar-refractivity contribution in [2.24, 2.45) is 4.99 Å². The van der Waals surface area contributed by atoms with Crippen molar-refractivity contribution in [2.75, 3.05) is 6.61 Å². The Morgan fingerprint density at radius 2 is 2.00 bits per heavy atom. The average molecular weight is 162 g/mol. The predicted octanol–water partition coefficient (Wildman–Crippen LogP) is 1.60. The third kappa shape index (κ3) is 1.47. The van der Waals surface area contributed by atoms with E-state index >= 15 is 0 Å². The standard InChI is InChI=1S/C10H12NO/c1-10(2)7-12-9(11-10)8-5-3-4-6-8/h3-6H,7H2,1-2H3. The normalized spacial score (nSPS) is 28.7. The molecule has 1 aliphatic carbocycles. The zero-order chi connectivity index (χ0) is 8.60. The Kier molecular flexibility index (Phi) is 1.85. The van der Waals surface area contributed by atoms with Gasteiger partial charge < -0.3 is 4.74 Å². The third-order valence-corrected chi connectivity index (χ3v) is 1.88. The second kappa shape index (κ2) is 2.75. The van der Waals surface area contributed by atoms with E-state index in [0.29, 0.717) is 6.61 Å². The Morgan fingerprint density at radius 3 is 2.50 bits per heavy atom. The molecule has 2 nitrogen and oxygen atoms in total. The average Bonchev–Trinajstić information content (AvgIpc) is 2.55. The van der Waals surface area contributed by atoms with Gasteiger partial charge in [-0.15, -0.1) is 0 Å². The molecule has 63 valence electrons. The molecule has 1 heterocycles. The minimum absolute atomic E-state index is 0.0490. The molecular formula is C10H12NO. The van der Waals surface area contributed by atoms with Crippen molar-refractivity contribution in [3.8, 4) is 0 Å². The SMILES string of the molecule is CC1(C)COC([C]2[CH][CH][CH][CH]2)=N1. The van der Waals surface area contributed by atoms with Crippen molar-refractivity contribution in [3.63, 3.8) is 0 Å². The lowest BCUT2D eigenvalue weighted by Gasteiger charge is -2.07. The molecule has 0 bridgehead atoms. The molecule has 0 aromatic heterocycles. The molecule has 2 heteroatoms. The van der Waals surface area contributed by atoms with Gasteiger partial charge in [-0.2, -0.15) is 0 Å². The lowest BCUT2D eigenvalue weighted by atomic mass is 10.1. The van der Waals surface area contributed by atoms with Crippen molar-refractivity contribution in [1.82, 2.24) is 0 Å². The minimum Gasteiger partial charge on any atom is -0.478 e. The molecule has 1 saturated carbocycles. The second-order valence-corrected chi connectivity index (χ2v) is 3.69.